The molecule has 2 aliphatic heterocycles. The van der Waals surface area contributed by atoms with Crippen LogP contribution >= 0.6 is 23.1 Å². The van der Waals surface area contributed by atoms with Crippen LogP contribution < -0.4 is 9.64 Å². The lowest BCUT2D eigenvalue weighted by Gasteiger charge is -2.28. The van der Waals surface area contributed by atoms with Crippen molar-refractivity contribution in [3.63, 3.8) is 0 Å². The molecule has 1 saturated heterocycles. The molecule has 2 aliphatic rings. The number of benzene rings is 1. The molecule has 32 heavy (non-hydrogen) atoms. The van der Waals surface area contributed by atoms with E-state index < -0.39 is 0 Å². The lowest BCUT2D eigenvalue weighted by molar-refractivity contribution is -0.129. The van der Waals surface area contributed by atoms with E-state index >= 15 is 0 Å². The zero-order valence-electron chi connectivity index (χ0n) is 18.2. The number of thiophene rings is 1. The second-order valence-electron chi connectivity index (χ2n) is 8.06. The number of rotatable bonds is 6. The number of para-hydroxylation sites is 2. The minimum Gasteiger partial charge on any atom is -0.495 e. The number of hydrogen-bond acceptors (Lipinski definition) is 7. The van der Waals surface area contributed by atoms with Gasteiger partial charge in [0.25, 0.3) is 0 Å². The fourth-order valence-corrected chi connectivity index (χ4v) is 6.09. The van der Waals surface area contributed by atoms with Crippen LogP contribution in [0.5, 0.6) is 5.75 Å². The molecule has 0 bridgehead atoms. The van der Waals surface area contributed by atoms with Crippen molar-refractivity contribution < 1.29 is 9.53 Å². The average Bonchev–Trinajstić information content (AvgIpc) is 3.49. The van der Waals surface area contributed by atoms with E-state index in [0.717, 1.165) is 61.4 Å². The number of thioether (sulfide) groups is 1. The van der Waals surface area contributed by atoms with E-state index in [2.05, 4.69) is 31.1 Å². The molecule has 0 atom stereocenters. The van der Waals surface area contributed by atoms with Gasteiger partial charge in [0.1, 0.15) is 5.75 Å². The SMILES string of the molecule is COc1ccccc1-n1c(SCC(=O)N2CCc3sccc3C2)nnc1N1CCCCC1. The lowest BCUT2D eigenvalue weighted by Crippen LogP contribution is -2.36. The van der Waals surface area contributed by atoms with Gasteiger partial charge in [-0.25, -0.2) is 0 Å². The first kappa shape index (κ1) is 21.3. The quantitative estimate of drug-likeness (QED) is 0.509. The molecule has 0 saturated carbocycles. The molecule has 2 aromatic heterocycles. The van der Waals surface area contributed by atoms with Crippen molar-refractivity contribution >= 4 is 35.0 Å². The third-order valence-electron chi connectivity index (χ3n) is 6.07. The summed E-state index contributed by atoms with van der Waals surface area (Å²) in [5, 5.41) is 11.9. The highest BCUT2D eigenvalue weighted by Crippen LogP contribution is 2.33. The van der Waals surface area contributed by atoms with Crippen LogP contribution in [-0.4, -0.2) is 58.1 Å². The van der Waals surface area contributed by atoms with Crippen LogP contribution in [0.3, 0.4) is 0 Å². The van der Waals surface area contributed by atoms with E-state index in [4.69, 9.17) is 4.74 Å². The number of anilines is 1. The molecule has 0 aliphatic carbocycles. The van der Waals surface area contributed by atoms with Gasteiger partial charge in [0.2, 0.25) is 11.9 Å². The Morgan fingerprint density at radius 2 is 1.97 bits per heavy atom. The summed E-state index contributed by atoms with van der Waals surface area (Å²) in [6.07, 6.45) is 4.50. The Morgan fingerprint density at radius 1 is 1.12 bits per heavy atom. The number of fused-ring (bicyclic) bond motifs is 1. The molecule has 7 nitrogen and oxygen atoms in total. The van der Waals surface area contributed by atoms with Crippen molar-refractivity contribution in [1.29, 1.82) is 0 Å². The summed E-state index contributed by atoms with van der Waals surface area (Å²) in [6, 6.07) is 10.0. The van der Waals surface area contributed by atoms with Gasteiger partial charge in [0.05, 0.1) is 18.6 Å². The molecule has 9 heteroatoms. The number of piperidine rings is 1. The van der Waals surface area contributed by atoms with Gasteiger partial charge in [-0.2, -0.15) is 0 Å². The first-order valence-corrected chi connectivity index (χ1v) is 12.9. The molecule has 5 rings (SSSR count). The summed E-state index contributed by atoms with van der Waals surface area (Å²) in [5.74, 6) is 2.07. The van der Waals surface area contributed by atoms with Crippen molar-refractivity contribution in [3.8, 4) is 11.4 Å². The second-order valence-corrected chi connectivity index (χ2v) is 10.0. The molecule has 168 valence electrons. The van der Waals surface area contributed by atoms with Crippen LogP contribution in [-0.2, 0) is 17.8 Å². The van der Waals surface area contributed by atoms with E-state index in [-0.39, 0.29) is 5.91 Å². The molecular weight excluding hydrogens is 442 g/mol. The number of carbonyl (C=O) groups is 1. The van der Waals surface area contributed by atoms with Crippen LogP contribution in [0.1, 0.15) is 29.7 Å². The number of aromatic nitrogens is 3. The Balaban J connectivity index is 1.39. The number of methoxy groups -OCH3 is 1. The molecule has 0 unspecified atom stereocenters. The molecule has 1 fully saturated rings. The van der Waals surface area contributed by atoms with E-state index in [9.17, 15) is 4.79 Å². The summed E-state index contributed by atoms with van der Waals surface area (Å²) in [5.41, 5.74) is 2.18. The molecule has 3 aromatic rings. The molecule has 1 amide bonds. The summed E-state index contributed by atoms with van der Waals surface area (Å²) in [4.78, 5) is 18.6. The van der Waals surface area contributed by atoms with Crippen LogP contribution in [0, 0.1) is 0 Å². The van der Waals surface area contributed by atoms with Gasteiger partial charge in [-0.1, -0.05) is 23.9 Å². The smallest absolute Gasteiger partial charge is 0.233 e. The van der Waals surface area contributed by atoms with Gasteiger partial charge in [-0.3, -0.25) is 9.36 Å². The Kier molecular flexibility index (Phi) is 6.36. The molecule has 0 spiro atoms. The number of nitrogens with zero attached hydrogens (tertiary/aromatic N) is 5. The molecule has 1 aromatic carbocycles. The van der Waals surface area contributed by atoms with Crippen LogP contribution in [0.25, 0.3) is 5.69 Å². The topological polar surface area (TPSA) is 63.5 Å². The fourth-order valence-electron chi connectivity index (χ4n) is 4.36. The van der Waals surface area contributed by atoms with Gasteiger partial charge in [0.15, 0.2) is 5.16 Å². The standard InChI is InChI=1S/C23H27N5O2S2/c1-30-19-8-4-3-7-18(19)28-22(26-11-5-2-6-12-26)24-25-23(28)32-16-21(29)27-13-9-20-17(15-27)10-14-31-20/h3-4,7-8,10,14H,2,5-6,9,11-13,15-16H2,1H3. The van der Waals surface area contributed by atoms with Gasteiger partial charge in [-0.05, 0) is 54.8 Å². The maximum absolute atomic E-state index is 13.0. The maximum Gasteiger partial charge on any atom is 0.233 e. The lowest BCUT2D eigenvalue weighted by atomic mass is 10.1. The van der Waals surface area contributed by atoms with E-state index in [1.165, 1.54) is 28.6 Å². The van der Waals surface area contributed by atoms with Crippen LogP contribution in [0.4, 0.5) is 5.95 Å². The van der Waals surface area contributed by atoms with Crippen molar-refractivity contribution in [3.05, 3.63) is 46.2 Å². The van der Waals surface area contributed by atoms with Crippen molar-refractivity contribution in [1.82, 2.24) is 19.7 Å². The molecule has 4 heterocycles. The predicted molar refractivity (Wildman–Crippen MR) is 128 cm³/mol. The first-order chi connectivity index (χ1) is 15.7. The van der Waals surface area contributed by atoms with Crippen molar-refractivity contribution in [2.75, 3.05) is 37.4 Å². The Morgan fingerprint density at radius 3 is 2.81 bits per heavy atom. The normalized spacial score (nSPS) is 16.2. The highest BCUT2D eigenvalue weighted by atomic mass is 32.2. The zero-order valence-corrected chi connectivity index (χ0v) is 19.8. The number of hydrogen-bond donors (Lipinski definition) is 0. The molecule has 0 radical (unpaired) electrons. The number of ether oxygens (including phenoxy) is 1. The maximum atomic E-state index is 13.0. The van der Waals surface area contributed by atoms with E-state index in [1.54, 1.807) is 18.4 Å². The summed E-state index contributed by atoms with van der Waals surface area (Å²) < 4.78 is 7.69. The van der Waals surface area contributed by atoms with E-state index in [0.29, 0.717) is 12.3 Å². The largest absolute Gasteiger partial charge is 0.495 e. The fraction of sp³-hybridized carbons (Fsp3) is 0.435. The minimum absolute atomic E-state index is 0.140. The Bertz CT molecular complexity index is 1090. The molecular formula is C23H27N5O2S2. The highest BCUT2D eigenvalue weighted by Gasteiger charge is 2.26. The first-order valence-electron chi connectivity index (χ1n) is 11.0. The van der Waals surface area contributed by atoms with E-state index in [1.807, 2.05) is 29.2 Å². The summed E-state index contributed by atoms with van der Waals surface area (Å²) >= 11 is 3.24. The Labute approximate surface area is 196 Å². The third-order valence-corrected chi connectivity index (χ3v) is 8.00. The minimum atomic E-state index is 0.140. The van der Waals surface area contributed by atoms with Crippen LogP contribution in [0.2, 0.25) is 0 Å². The predicted octanol–water partition coefficient (Wildman–Crippen LogP) is 4.00. The Hall–Kier alpha value is -2.52. The van der Waals surface area contributed by atoms with Crippen molar-refractivity contribution in [2.45, 2.75) is 37.4 Å². The number of carbonyl (C=O) groups excluding carboxylic acids is 1. The third kappa shape index (κ3) is 4.23. The number of amides is 1. The molecule has 0 N–H and O–H groups in total. The zero-order chi connectivity index (χ0) is 21.9. The van der Waals surface area contributed by atoms with Gasteiger partial charge in [0, 0.05) is 31.1 Å². The van der Waals surface area contributed by atoms with Crippen LogP contribution in [0.15, 0.2) is 40.9 Å². The van der Waals surface area contributed by atoms with Gasteiger partial charge < -0.3 is 14.5 Å². The van der Waals surface area contributed by atoms with Crippen molar-refractivity contribution in [2.24, 2.45) is 0 Å². The van der Waals surface area contributed by atoms with Gasteiger partial charge in [-0.15, -0.1) is 21.5 Å². The monoisotopic (exact) mass is 469 g/mol. The summed E-state index contributed by atoms with van der Waals surface area (Å²) in [7, 11) is 1.68. The summed E-state index contributed by atoms with van der Waals surface area (Å²) in [6.45, 7) is 3.42. The average molecular weight is 470 g/mol. The second kappa shape index (κ2) is 9.54. The van der Waals surface area contributed by atoms with Gasteiger partial charge >= 0.3 is 0 Å². The highest BCUT2D eigenvalue weighted by molar-refractivity contribution is 7.99.